The lowest BCUT2D eigenvalue weighted by Crippen LogP contribution is -2.27. The second-order valence-corrected chi connectivity index (χ2v) is 2.83. The fourth-order valence-electron chi connectivity index (χ4n) is 1.36. The van der Waals surface area contributed by atoms with Crippen molar-refractivity contribution in [3.63, 3.8) is 0 Å². The normalized spacial score (nSPS) is 11.1. The summed E-state index contributed by atoms with van der Waals surface area (Å²) in [6, 6.07) is 7.33. The third-order valence-electron chi connectivity index (χ3n) is 2.00. The SMILES string of the molecule is O=c1o[nH][n+]2c1nnc1ccccc12. The summed E-state index contributed by atoms with van der Waals surface area (Å²) in [4.78, 5) is 11.1. The standard InChI is InChI=1S/C8H4N4O2/c13-8-7-10-9-5-3-1-2-4-6(5)12(7)11-14-8/h1-4H/p+1. The second-order valence-electron chi connectivity index (χ2n) is 2.83. The molecule has 0 saturated heterocycles. The molecule has 0 aliphatic rings. The van der Waals surface area contributed by atoms with Crippen molar-refractivity contribution in [1.29, 1.82) is 0 Å². The number of aromatic amines is 1. The minimum Gasteiger partial charge on any atom is -0.298 e. The minimum atomic E-state index is -0.525. The summed E-state index contributed by atoms with van der Waals surface area (Å²) in [5, 5.41) is 10.1. The first-order valence-corrected chi connectivity index (χ1v) is 4.01. The van der Waals surface area contributed by atoms with Gasteiger partial charge in [-0.1, -0.05) is 21.9 Å². The lowest BCUT2D eigenvalue weighted by atomic mass is 10.3. The number of rotatable bonds is 0. The molecule has 0 spiro atoms. The molecule has 2 aromatic heterocycles. The van der Waals surface area contributed by atoms with Gasteiger partial charge in [-0.2, -0.15) is 0 Å². The molecule has 68 valence electrons. The summed E-state index contributed by atoms with van der Waals surface area (Å²) in [5.74, 6) is 0. The van der Waals surface area contributed by atoms with Crippen LogP contribution in [0.4, 0.5) is 0 Å². The van der Waals surface area contributed by atoms with E-state index in [4.69, 9.17) is 0 Å². The van der Waals surface area contributed by atoms with Gasteiger partial charge in [-0.25, -0.2) is 4.79 Å². The Bertz CT molecular complexity index is 669. The van der Waals surface area contributed by atoms with Gasteiger partial charge in [0.2, 0.25) is 0 Å². The highest BCUT2D eigenvalue weighted by molar-refractivity contribution is 5.70. The van der Waals surface area contributed by atoms with Crippen LogP contribution in [0.1, 0.15) is 0 Å². The van der Waals surface area contributed by atoms with E-state index in [2.05, 4.69) is 20.0 Å². The van der Waals surface area contributed by atoms with Gasteiger partial charge in [0.1, 0.15) is 0 Å². The average Bonchev–Trinajstić information content (AvgIpc) is 2.61. The van der Waals surface area contributed by atoms with E-state index in [0.717, 1.165) is 5.52 Å². The van der Waals surface area contributed by atoms with Crippen LogP contribution < -0.4 is 10.1 Å². The Morgan fingerprint density at radius 1 is 1.29 bits per heavy atom. The molecule has 1 N–H and O–H groups in total. The van der Waals surface area contributed by atoms with Crippen LogP contribution in [0.3, 0.4) is 0 Å². The van der Waals surface area contributed by atoms with Crippen molar-refractivity contribution in [2.45, 2.75) is 0 Å². The lowest BCUT2D eigenvalue weighted by Gasteiger charge is -1.87. The molecule has 0 aliphatic heterocycles. The molecule has 6 heteroatoms. The van der Waals surface area contributed by atoms with E-state index < -0.39 is 5.63 Å². The Morgan fingerprint density at radius 3 is 3.07 bits per heavy atom. The number of nitrogens with zero attached hydrogens (tertiary/aromatic N) is 3. The first-order chi connectivity index (χ1) is 6.86. The van der Waals surface area contributed by atoms with Gasteiger partial charge < -0.3 is 0 Å². The summed E-state index contributed by atoms with van der Waals surface area (Å²) >= 11 is 0. The minimum absolute atomic E-state index is 0.156. The highest BCUT2D eigenvalue weighted by atomic mass is 16.5. The van der Waals surface area contributed by atoms with Gasteiger partial charge in [0, 0.05) is 0 Å². The summed E-state index contributed by atoms with van der Waals surface area (Å²) in [6.07, 6.45) is 0. The molecule has 0 amide bonds. The predicted octanol–water partition coefficient (Wildman–Crippen LogP) is -0.350. The maximum atomic E-state index is 11.1. The van der Waals surface area contributed by atoms with Crippen molar-refractivity contribution in [1.82, 2.24) is 15.5 Å². The quantitative estimate of drug-likeness (QED) is 0.490. The summed E-state index contributed by atoms with van der Waals surface area (Å²) in [7, 11) is 0. The molecule has 0 unspecified atom stereocenters. The van der Waals surface area contributed by atoms with Crippen LogP contribution in [0.15, 0.2) is 33.6 Å². The van der Waals surface area contributed by atoms with Crippen molar-refractivity contribution in [2.75, 3.05) is 0 Å². The Balaban J connectivity index is 2.68. The van der Waals surface area contributed by atoms with Crippen LogP contribution in [0, 0.1) is 0 Å². The van der Waals surface area contributed by atoms with E-state index in [9.17, 15) is 4.79 Å². The molecule has 0 aliphatic carbocycles. The smallest absolute Gasteiger partial charge is 0.298 e. The van der Waals surface area contributed by atoms with Gasteiger partial charge in [0.15, 0.2) is 11.0 Å². The number of nitrogens with one attached hydrogen (secondary N) is 1. The van der Waals surface area contributed by atoms with Gasteiger partial charge in [0.05, 0.1) is 5.10 Å². The van der Waals surface area contributed by atoms with E-state index in [-0.39, 0.29) is 5.65 Å². The van der Waals surface area contributed by atoms with Gasteiger partial charge in [-0.05, 0) is 17.2 Å². The monoisotopic (exact) mass is 189 g/mol. The van der Waals surface area contributed by atoms with Crippen molar-refractivity contribution < 1.29 is 9.04 Å². The zero-order valence-corrected chi connectivity index (χ0v) is 6.97. The Labute approximate surface area is 76.7 Å². The fraction of sp³-hybridized carbons (Fsp3) is 0. The van der Waals surface area contributed by atoms with Crippen LogP contribution in [0.5, 0.6) is 0 Å². The van der Waals surface area contributed by atoms with Gasteiger partial charge in [0.25, 0.3) is 0 Å². The molecule has 1 aromatic carbocycles. The number of H-pyrrole nitrogens is 1. The van der Waals surface area contributed by atoms with Crippen LogP contribution in [-0.4, -0.2) is 15.5 Å². The van der Waals surface area contributed by atoms with E-state index in [1.165, 1.54) is 4.52 Å². The summed E-state index contributed by atoms with van der Waals surface area (Å²) < 4.78 is 6.07. The van der Waals surface area contributed by atoms with Crippen LogP contribution in [0.25, 0.3) is 16.7 Å². The van der Waals surface area contributed by atoms with Gasteiger partial charge in [-0.3, -0.25) is 4.52 Å². The maximum absolute atomic E-state index is 11.1. The van der Waals surface area contributed by atoms with Crippen molar-refractivity contribution in [3.8, 4) is 0 Å². The molecule has 0 saturated carbocycles. The molecule has 3 aromatic rings. The Kier molecular flexibility index (Phi) is 1.22. The van der Waals surface area contributed by atoms with E-state index in [1.807, 2.05) is 18.2 Å². The summed E-state index contributed by atoms with van der Waals surface area (Å²) in [5.41, 5.74) is 1.08. The van der Waals surface area contributed by atoms with Crippen molar-refractivity contribution in [2.24, 2.45) is 0 Å². The van der Waals surface area contributed by atoms with E-state index in [0.29, 0.717) is 5.52 Å². The average molecular weight is 189 g/mol. The molecule has 0 bridgehead atoms. The highest BCUT2D eigenvalue weighted by Gasteiger charge is 2.17. The third kappa shape index (κ3) is 0.792. The number of para-hydroxylation sites is 1. The van der Waals surface area contributed by atoms with E-state index >= 15 is 0 Å². The molecule has 3 rings (SSSR count). The number of aromatic nitrogens is 4. The fourth-order valence-corrected chi connectivity index (χ4v) is 1.36. The molecular weight excluding hydrogens is 184 g/mol. The predicted molar refractivity (Wildman–Crippen MR) is 45.6 cm³/mol. The Hall–Kier alpha value is -2.24. The number of hydrogen-bond acceptors (Lipinski definition) is 4. The molecule has 0 atom stereocenters. The zero-order valence-electron chi connectivity index (χ0n) is 6.97. The maximum Gasteiger partial charge on any atom is 0.464 e. The second kappa shape index (κ2) is 2.38. The topological polar surface area (TPSA) is 75.9 Å². The third-order valence-corrected chi connectivity index (χ3v) is 2.00. The molecular formula is C8H5N4O2+. The van der Waals surface area contributed by atoms with Crippen LogP contribution >= 0.6 is 0 Å². The first-order valence-electron chi connectivity index (χ1n) is 4.01. The van der Waals surface area contributed by atoms with Crippen molar-refractivity contribution in [3.05, 3.63) is 34.7 Å². The molecule has 0 radical (unpaired) electrons. The van der Waals surface area contributed by atoms with Gasteiger partial charge >= 0.3 is 11.3 Å². The number of benzene rings is 1. The number of fused-ring (bicyclic) bond motifs is 3. The number of hydrogen-bond donors (Lipinski definition) is 1. The Morgan fingerprint density at radius 2 is 2.14 bits per heavy atom. The summed E-state index contributed by atoms with van der Waals surface area (Å²) in [6.45, 7) is 0. The van der Waals surface area contributed by atoms with Crippen LogP contribution in [-0.2, 0) is 0 Å². The van der Waals surface area contributed by atoms with Crippen molar-refractivity contribution >= 4 is 16.7 Å². The zero-order chi connectivity index (χ0) is 9.54. The molecule has 0 fully saturated rings. The first kappa shape index (κ1) is 7.19. The molecule has 2 heterocycles. The molecule has 6 nitrogen and oxygen atoms in total. The highest BCUT2D eigenvalue weighted by Crippen LogP contribution is 2.03. The molecule has 14 heavy (non-hydrogen) atoms. The largest absolute Gasteiger partial charge is 0.464 e. The van der Waals surface area contributed by atoms with Crippen LogP contribution in [0.2, 0.25) is 0 Å². The van der Waals surface area contributed by atoms with Gasteiger partial charge in [-0.15, -0.1) is 0 Å². The lowest BCUT2D eigenvalue weighted by molar-refractivity contribution is -0.570. The van der Waals surface area contributed by atoms with E-state index in [1.54, 1.807) is 6.07 Å².